The van der Waals surface area contributed by atoms with Gasteiger partial charge < -0.3 is 4.74 Å². The first kappa shape index (κ1) is 14.1. The largest absolute Gasteiger partial charge is 0.422 e. The lowest BCUT2D eigenvalue weighted by Gasteiger charge is -2.01. The number of fused-ring (bicyclic) bond motifs is 2. The van der Waals surface area contributed by atoms with Crippen LogP contribution in [-0.4, -0.2) is 21.1 Å². The summed E-state index contributed by atoms with van der Waals surface area (Å²) in [6.07, 6.45) is 3.15. The topological polar surface area (TPSA) is 98.1 Å². The van der Waals surface area contributed by atoms with Crippen molar-refractivity contribution < 1.29 is 18.8 Å². The van der Waals surface area contributed by atoms with Crippen molar-refractivity contribution in [2.24, 2.45) is 0 Å². The molecule has 118 valence electrons. The highest BCUT2D eigenvalue weighted by atomic mass is 19.1. The Labute approximate surface area is 133 Å². The maximum atomic E-state index is 13.5. The van der Waals surface area contributed by atoms with Gasteiger partial charge in [0.05, 0.1) is 28.3 Å². The van der Waals surface area contributed by atoms with Gasteiger partial charge in [-0.05, 0) is 23.8 Å². The van der Waals surface area contributed by atoms with E-state index in [4.69, 9.17) is 4.74 Å². The van der Waals surface area contributed by atoms with Gasteiger partial charge >= 0.3 is 5.97 Å². The number of nitro groups is 1. The first-order valence-corrected chi connectivity index (χ1v) is 6.88. The smallest absolute Gasteiger partial charge is 0.344 e. The number of nitro benzene ring substituents is 1. The van der Waals surface area contributed by atoms with Crippen molar-refractivity contribution in [2.45, 2.75) is 0 Å². The summed E-state index contributed by atoms with van der Waals surface area (Å²) in [5.74, 6) is -1.67. The van der Waals surface area contributed by atoms with Crippen LogP contribution in [0.2, 0.25) is 0 Å². The Bertz CT molecular complexity index is 1050. The van der Waals surface area contributed by atoms with Crippen molar-refractivity contribution in [3.63, 3.8) is 0 Å². The molecule has 0 atom stereocenters. The molecule has 3 aromatic rings. The first-order valence-electron chi connectivity index (χ1n) is 6.88. The molecule has 1 aliphatic rings. The van der Waals surface area contributed by atoms with Gasteiger partial charge in [0.2, 0.25) is 0 Å². The average molecular weight is 325 g/mol. The van der Waals surface area contributed by atoms with Gasteiger partial charge in [-0.1, -0.05) is 12.1 Å². The number of cyclic esters (lactones) is 1. The van der Waals surface area contributed by atoms with E-state index in [1.807, 2.05) is 6.07 Å². The second-order valence-electron chi connectivity index (χ2n) is 5.22. The first-order chi connectivity index (χ1) is 11.5. The molecule has 24 heavy (non-hydrogen) atoms. The maximum absolute atomic E-state index is 13.5. The van der Waals surface area contributed by atoms with E-state index in [1.54, 1.807) is 18.3 Å². The highest BCUT2D eigenvalue weighted by Gasteiger charge is 2.35. The van der Waals surface area contributed by atoms with E-state index < -0.39 is 22.4 Å². The number of carbonyl (C=O) groups is 1. The predicted molar refractivity (Wildman–Crippen MR) is 82.4 cm³/mol. The number of ether oxygens (including phenoxy) is 1. The summed E-state index contributed by atoms with van der Waals surface area (Å²) >= 11 is 0. The van der Waals surface area contributed by atoms with E-state index in [2.05, 4.69) is 10.2 Å². The Hall–Kier alpha value is -3.55. The maximum Gasteiger partial charge on any atom is 0.344 e. The van der Waals surface area contributed by atoms with E-state index in [1.165, 1.54) is 6.08 Å². The summed E-state index contributed by atoms with van der Waals surface area (Å²) in [5.41, 5.74) is 0.736. The third-order valence-corrected chi connectivity index (χ3v) is 3.71. The molecule has 0 amide bonds. The fourth-order valence-electron chi connectivity index (χ4n) is 2.66. The van der Waals surface area contributed by atoms with Crippen molar-refractivity contribution in [1.82, 2.24) is 10.2 Å². The Morgan fingerprint density at radius 2 is 2.12 bits per heavy atom. The van der Waals surface area contributed by atoms with Crippen molar-refractivity contribution in [2.75, 3.05) is 0 Å². The molecule has 1 N–H and O–H groups in total. The highest BCUT2D eigenvalue weighted by Crippen LogP contribution is 2.38. The standard InChI is InChI=1S/C16H8FN3O4/c17-10-5-11-15(13(6-10)20(22)23)14(24-16(11)21)4-8-1-2-9-7-18-19-12(9)3-8/h1-7H,(H,18,19). The number of aromatic amines is 1. The third-order valence-electron chi connectivity index (χ3n) is 3.71. The quantitative estimate of drug-likeness (QED) is 0.443. The molecule has 0 bridgehead atoms. The fraction of sp³-hybridized carbons (Fsp3) is 0. The molecule has 1 aromatic heterocycles. The monoisotopic (exact) mass is 325 g/mol. The van der Waals surface area contributed by atoms with E-state index in [9.17, 15) is 19.3 Å². The number of carbonyl (C=O) groups excluding carboxylic acids is 1. The zero-order valence-corrected chi connectivity index (χ0v) is 11.9. The van der Waals surface area contributed by atoms with Crippen LogP contribution < -0.4 is 0 Å². The third kappa shape index (κ3) is 2.12. The van der Waals surface area contributed by atoms with Crippen LogP contribution in [-0.2, 0) is 4.74 Å². The molecular weight excluding hydrogens is 317 g/mol. The lowest BCUT2D eigenvalue weighted by Crippen LogP contribution is -1.98. The summed E-state index contributed by atoms with van der Waals surface area (Å²) in [6, 6.07) is 7.03. The Kier molecular flexibility index (Phi) is 2.92. The summed E-state index contributed by atoms with van der Waals surface area (Å²) in [6.45, 7) is 0. The normalized spacial score (nSPS) is 14.9. The molecular formula is C16H8FN3O4. The van der Waals surface area contributed by atoms with Gasteiger partial charge in [0.25, 0.3) is 5.69 Å². The zero-order valence-electron chi connectivity index (χ0n) is 11.9. The van der Waals surface area contributed by atoms with Crippen LogP contribution in [0.15, 0.2) is 36.5 Å². The molecule has 0 spiro atoms. The molecule has 0 aliphatic carbocycles. The number of H-pyrrole nitrogens is 1. The van der Waals surface area contributed by atoms with Gasteiger partial charge in [0, 0.05) is 5.39 Å². The molecule has 1 aliphatic heterocycles. The molecule has 0 fully saturated rings. The summed E-state index contributed by atoms with van der Waals surface area (Å²) in [7, 11) is 0. The van der Waals surface area contributed by atoms with Crippen molar-refractivity contribution in [3.05, 3.63) is 69.2 Å². The fourth-order valence-corrected chi connectivity index (χ4v) is 2.66. The molecule has 2 heterocycles. The summed E-state index contributed by atoms with van der Waals surface area (Å²) in [5, 5.41) is 18.8. The number of nitrogens with zero attached hydrogens (tertiary/aromatic N) is 2. The van der Waals surface area contributed by atoms with E-state index in [-0.39, 0.29) is 16.9 Å². The molecule has 8 heteroatoms. The van der Waals surface area contributed by atoms with Gasteiger partial charge in [-0.25, -0.2) is 9.18 Å². The van der Waals surface area contributed by atoms with Crippen LogP contribution in [0, 0.1) is 15.9 Å². The van der Waals surface area contributed by atoms with Gasteiger partial charge in [-0.2, -0.15) is 5.10 Å². The van der Waals surface area contributed by atoms with Crippen molar-refractivity contribution >= 4 is 34.4 Å². The number of hydrogen-bond donors (Lipinski definition) is 1. The minimum atomic E-state index is -0.863. The van der Waals surface area contributed by atoms with Gasteiger partial charge in [0.1, 0.15) is 17.1 Å². The number of benzene rings is 2. The van der Waals surface area contributed by atoms with Crippen LogP contribution in [0.5, 0.6) is 0 Å². The second kappa shape index (κ2) is 4.98. The molecule has 2 aromatic carbocycles. The minimum absolute atomic E-state index is 0.0144. The van der Waals surface area contributed by atoms with Crippen molar-refractivity contribution in [1.29, 1.82) is 0 Å². The predicted octanol–water partition coefficient (Wildman–Crippen LogP) is 3.28. The number of hydrogen-bond acceptors (Lipinski definition) is 5. The Balaban J connectivity index is 1.90. The van der Waals surface area contributed by atoms with Gasteiger partial charge in [-0.15, -0.1) is 0 Å². The zero-order chi connectivity index (χ0) is 16.8. The second-order valence-corrected chi connectivity index (χ2v) is 5.22. The molecule has 4 rings (SSSR count). The number of aromatic nitrogens is 2. The van der Waals surface area contributed by atoms with Crippen LogP contribution in [0.3, 0.4) is 0 Å². The molecule has 0 unspecified atom stereocenters. The number of nitrogens with one attached hydrogen (secondary N) is 1. The Morgan fingerprint density at radius 1 is 1.29 bits per heavy atom. The van der Waals surface area contributed by atoms with Crippen LogP contribution in [0.25, 0.3) is 22.7 Å². The molecule has 0 saturated heterocycles. The molecule has 0 radical (unpaired) electrons. The SMILES string of the molecule is O=C1OC(=Cc2ccc3cn[nH]c3c2)c2c1cc(F)cc2[N+](=O)[O-]. The molecule has 0 saturated carbocycles. The van der Waals surface area contributed by atoms with Crippen LogP contribution in [0.4, 0.5) is 10.1 Å². The van der Waals surface area contributed by atoms with Crippen LogP contribution in [0.1, 0.15) is 21.5 Å². The minimum Gasteiger partial charge on any atom is -0.422 e. The van der Waals surface area contributed by atoms with Crippen LogP contribution >= 0.6 is 0 Å². The number of esters is 1. The highest BCUT2D eigenvalue weighted by molar-refractivity contribution is 6.07. The van der Waals surface area contributed by atoms with E-state index in [0.29, 0.717) is 5.56 Å². The summed E-state index contributed by atoms with van der Waals surface area (Å²) in [4.78, 5) is 22.3. The van der Waals surface area contributed by atoms with Crippen molar-refractivity contribution in [3.8, 4) is 0 Å². The molecule has 7 nitrogen and oxygen atoms in total. The van der Waals surface area contributed by atoms with Gasteiger partial charge in [-0.3, -0.25) is 15.2 Å². The Morgan fingerprint density at radius 3 is 2.92 bits per heavy atom. The summed E-state index contributed by atoms with van der Waals surface area (Å²) < 4.78 is 18.6. The van der Waals surface area contributed by atoms with Gasteiger partial charge in [0.15, 0.2) is 0 Å². The lowest BCUT2D eigenvalue weighted by molar-refractivity contribution is -0.385. The van der Waals surface area contributed by atoms with E-state index >= 15 is 0 Å². The number of rotatable bonds is 2. The lowest BCUT2D eigenvalue weighted by atomic mass is 10.0. The number of halogens is 1. The average Bonchev–Trinajstić information content (AvgIpc) is 3.11. The van der Waals surface area contributed by atoms with E-state index in [0.717, 1.165) is 23.0 Å².